The predicted octanol–water partition coefficient (Wildman–Crippen LogP) is 3.57. The van der Waals surface area contributed by atoms with Crippen LogP contribution in [0.4, 0.5) is 0 Å². The third-order valence-corrected chi connectivity index (χ3v) is 4.79. The van der Waals surface area contributed by atoms with Crippen LogP contribution < -0.4 is 10.1 Å². The van der Waals surface area contributed by atoms with Gasteiger partial charge in [-0.25, -0.2) is 0 Å². The fraction of sp³-hybridized carbons (Fsp3) is 0.417. The van der Waals surface area contributed by atoms with Crippen LogP contribution in [-0.2, 0) is 20.9 Å². The van der Waals surface area contributed by atoms with Crippen molar-refractivity contribution in [2.24, 2.45) is 5.92 Å². The first-order valence-corrected chi connectivity index (χ1v) is 10.2. The third kappa shape index (κ3) is 6.59. The second-order valence-electron chi connectivity index (χ2n) is 7.42. The number of amides is 2. The highest BCUT2D eigenvalue weighted by Gasteiger charge is 2.32. The van der Waals surface area contributed by atoms with Crippen molar-refractivity contribution in [3.63, 3.8) is 0 Å². The van der Waals surface area contributed by atoms with Crippen molar-refractivity contribution in [2.45, 2.75) is 32.9 Å². The van der Waals surface area contributed by atoms with Gasteiger partial charge in [-0.2, -0.15) is 0 Å². The SMILES string of the molecule is COCCCNC(=O)[C@H](c1ccccc1)N(Cc1ccc(OC)cc1)C(=O)C(C)C. The summed E-state index contributed by atoms with van der Waals surface area (Å²) in [5.74, 6) is 0.235. The molecule has 2 aromatic carbocycles. The summed E-state index contributed by atoms with van der Waals surface area (Å²) in [6.45, 7) is 5.08. The van der Waals surface area contributed by atoms with Crippen LogP contribution in [0.3, 0.4) is 0 Å². The molecule has 2 amide bonds. The second-order valence-corrected chi connectivity index (χ2v) is 7.42. The van der Waals surface area contributed by atoms with E-state index in [-0.39, 0.29) is 17.7 Å². The summed E-state index contributed by atoms with van der Waals surface area (Å²) in [5.41, 5.74) is 1.71. The van der Waals surface area contributed by atoms with E-state index in [1.807, 2.05) is 68.4 Å². The molecule has 162 valence electrons. The van der Waals surface area contributed by atoms with Gasteiger partial charge in [-0.15, -0.1) is 0 Å². The lowest BCUT2D eigenvalue weighted by Crippen LogP contribution is -2.45. The number of carbonyl (C=O) groups is 2. The van der Waals surface area contributed by atoms with Crippen molar-refractivity contribution in [3.8, 4) is 5.75 Å². The van der Waals surface area contributed by atoms with Crippen LogP contribution in [0.25, 0.3) is 0 Å². The van der Waals surface area contributed by atoms with Crippen LogP contribution in [0.15, 0.2) is 54.6 Å². The van der Waals surface area contributed by atoms with Crippen molar-refractivity contribution in [3.05, 3.63) is 65.7 Å². The quantitative estimate of drug-likeness (QED) is 0.573. The first kappa shape index (κ1) is 23.4. The van der Waals surface area contributed by atoms with Crippen LogP contribution >= 0.6 is 0 Å². The minimum Gasteiger partial charge on any atom is -0.497 e. The molecule has 0 aromatic heterocycles. The van der Waals surface area contributed by atoms with Crippen LogP contribution in [0.1, 0.15) is 37.4 Å². The van der Waals surface area contributed by atoms with Crippen LogP contribution in [0.2, 0.25) is 0 Å². The topological polar surface area (TPSA) is 67.9 Å². The lowest BCUT2D eigenvalue weighted by atomic mass is 10.0. The van der Waals surface area contributed by atoms with E-state index in [4.69, 9.17) is 9.47 Å². The van der Waals surface area contributed by atoms with Gasteiger partial charge in [0.15, 0.2) is 0 Å². The Labute approximate surface area is 179 Å². The van der Waals surface area contributed by atoms with Gasteiger partial charge in [0.25, 0.3) is 0 Å². The first-order valence-electron chi connectivity index (χ1n) is 10.2. The molecule has 0 saturated heterocycles. The number of hydrogen-bond donors (Lipinski definition) is 1. The van der Waals surface area contributed by atoms with E-state index in [2.05, 4.69) is 5.32 Å². The molecular formula is C24H32N2O4. The molecule has 0 aliphatic heterocycles. The highest BCUT2D eigenvalue weighted by atomic mass is 16.5. The molecule has 0 aliphatic rings. The number of ether oxygens (including phenoxy) is 2. The van der Waals surface area contributed by atoms with E-state index >= 15 is 0 Å². The van der Waals surface area contributed by atoms with Gasteiger partial charge in [0, 0.05) is 32.7 Å². The van der Waals surface area contributed by atoms with Crippen molar-refractivity contribution in [1.82, 2.24) is 10.2 Å². The second kappa shape index (κ2) is 12.0. The van der Waals surface area contributed by atoms with Crippen LogP contribution in [0, 0.1) is 5.92 Å². The maximum atomic E-state index is 13.2. The van der Waals surface area contributed by atoms with Crippen molar-refractivity contribution in [2.75, 3.05) is 27.4 Å². The molecule has 0 heterocycles. The Morgan fingerprint density at radius 3 is 2.23 bits per heavy atom. The van der Waals surface area contributed by atoms with Gasteiger partial charge in [-0.3, -0.25) is 9.59 Å². The van der Waals surface area contributed by atoms with E-state index in [9.17, 15) is 9.59 Å². The summed E-state index contributed by atoms with van der Waals surface area (Å²) < 4.78 is 10.3. The third-order valence-electron chi connectivity index (χ3n) is 4.79. The molecular weight excluding hydrogens is 380 g/mol. The summed E-state index contributed by atoms with van der Waals surface area (Å²) in [7, 11) is 3.25. The molecule has 1 atom stereocenters. The van der Waals surface area contributed by atoms with Gasteiger partial charge in [-0.05, 0) is 29.7 Å². The zero-order chi connectivity index (χ0) is 21.9. The van der Waals surface area contributed by atoms with E-state index in [1.54, 1.807) is 19.1 Å². The smallest absolute Gasteiger partial charge is 0.247 e. The normalized spacial score (nSPS) is 11.8. The Morgan fingerprint density at radius 2 is 1.67 bits per heavy atom. The van der Waals surface area contributed by atoms with Gasteiger partial charge in [-0.1, -0.05) is 56.3 Å². The molecule has 0 aliphatic carbocycles. The Morgan fingerprint density at radius 1 is 1.00 bits per heavy atom. The van der Waals surface area contributed by atoms with Gasteiger partial charge >= 0.3 is 0 Å². The van der Waals surface area contributed by atoms with Gasteiger partial charge in [0.1, 0.15) is 11.8 Å². The summed E-state index contributed by atoms with van der Waals surface area (Å²) in [6.07, 6.45) is 0.709. The molecule has 0 radical (unpaired) electrons. The summed E-state index contributed by atoms with van der Waals surface area (Å²) in [5, 5.41) is 2.96. The van der Waals surface area contributed by atoms with Crippen molar-refractivity contribution in [1.29, 1.82) is 0 Å². The summed E-state index contributed by atoms with van der Waals surface area (Å²) in [4.78, 5) is 28.0. The Hall–Kier alpha value is -2.86. The maximum Gasteiger partial charge on any atom is 0.247 e. The molecule has 0 unspecified atom stereocenters. The molecule has 0 fully saturated rings. The monoisotopic (exact) mass is 412 g/mol. The molecule has 30 heavy (non-hydrogen) atoms. The zero-order valence-corrected chi connectivity index (χ0v) is 18.3. The molecule has 2 rings (SSSR count). The minimum absolute atomic E-state index is 0.0771. The highest BCUT2D eigenvalue weighted by Crippen LogP contribution is 2.26. The molecule has 0 spiro atoms. The molecule has 6 nitrogen and oxygen atoms in total. The average Bonchev–Trinajstić information content (AvgIpc) is 2.77. The number of methoxy groups -OCH3 is 2. The number of carbonyl (C=O) groups excluding carboxylic acids is 2. The number of rotatable bonds is 11. The van der Waals surface area contributed by atoms with E-state index in [0.29, 0.717) is 26.1 Å². The van der Waals surface area contributed by atoms with Crippen molar-refractivity contribution < 1.29 is 19.1 Å². The average molecular weight is 413 g/mol. The highest BCUT2D eigenvalue weighted by molar-refractivity contribution is 5.89. The summed E-state index contributed by atoms with van der Waals surface area (Å²) in [6, 6.07) is 16.3. The molecule has 1 N–H and O–H groups in total. The number of nitrogens with one attached hydrogen (secondary N) is 1. The fourth-order valence-electron chi connectivity index (χ4n) is 3.19. The van der Waals surface area contributed by atoms with Crippen molar-refractivity contribution >= 4 is 11.8 Å². The summed E-state index contributed by atoms with van der Waals surface area (Å²) >= 11 is 0. The zero-order valence-electron chi connectivity index (χ0n) is 18.3. The Balaban J connectivity index is 2.35. The van der Waals surface area contributed by atoms with E-state index in [1.165, 1.54) is 0 Å². The van der Waals surface area contributed by atoms with Gasteiger partial charge in [0.05, 0.1) is 7.11 Å². The first-order chi connectivity index (χ1) is 14.5. The minimum atomic E-state index is -0.717. The molecule has 0 saturated carbocycles. The number of hydrogen-bond acceptors (Lipinski definition) is 4. The van der Waals surface area contributed by atoms with Crippen LogP contribution in [0.5, 0.6) is 5.75 Å². The van der Waals surface area contributed by atoms with Crippen LogP contribution in [-0.4, -0.2) is 44.1 Å². The lowest BCUT2D eigenvalue weighted by molar-refractivity contribution is -0.144. The van der Waals surface area contributed by atoms with E-state index in [0.717, 1.165) is 16.9 Å². The predicted molar refractivity (Wildman–Crippen MR) is 117 cm³/mol. The Kier molecular flexibility index (Phi) is 9.35. The number of benzene rings is 2. The lowest BCUT2D eigenvalue weighted by Gasteiger charge is -2.33. The number of nitrogens with zero attached hydrogens (tertiary/aromatic N) is 1. The fourth-order valence-corrected chi connectivity index (χ4v) is 3.19. The van der Waals surface area contributed by atoms with Gasteiger partial charge < -0.3 is 19.7 Å². The molecule has 2 aromatic rings. The Bertz CT molecular complexity index is 791. The van der Waals surface area contributed by atoms with Gasteiger partial charge in [0.2, 0.25) is 11.8 Å². The molecule has 0 bridgehead atoms. The molecule has 6 heteroatoms. The largest absolute Gasteiger partial charge is 0.497 e. The standard InChI is InChI=1S/C24H32N2O4/c1-18(2)24(28)26(17-19-11-13-21(30-4)14-12-19)22(20-9-6-5-7-10-20)23(27)25-15-8-16-29-3/h5-7,9-14,18,22H,8,15-17H2,1-4H3,(H,25,27)/t22-/m0/s1. The van der Waals surface area contributed by atoms with E-state index < -0.39 is 6.04 Å². The maximum absolute atomic E-state index is 13.2.